The Balaban J connectivity index is 1.65. The molecule has 2 atom stereocenters. The first kappa shape index (κ1) is 21.7. The molecule has 4 nitrogen and oxygen atoms in total. The summed E-state index contributed by atoms with van der Waals surface area (Å²) in [5.41, 5.74) is 7.35. The van der Waals surface area contributed by atoms with Gasteiger partial charge in [-0.3, -0.25) is 4.98 Å². The standard InChI is InChI=1S/C26H29BrN4S/c1-16-14-20(11-12-22(16)27)31-25(24(29-26(31)32)23-10-6-7-13-28-23)21-15-17(2)30(18(21)3)19-8-4-5-9-19/h6-7,10-15,19,24-25H,4-5,8-9H2,1-3H3,(H,29,32)/t24-,25-/m1/s1. The van der Waals surface area contributed by atoms with Gasteiger partial charge in [0.05, 0.1) is 17.8 Å². The van der Waals surface area contributed by atoms with Gasteiger partial charge >= 0.3 is 0 Å². The first-order valence-corrected chi connectivity index (χ1v) is 12.6. The molecule has 2 aromatic heterocycles. The van der Waals surface area contributed by atoms with E-state index in [1.54, 1.807) is 0 Å². The monoisotopic (exact) mass is 508 g/mol. The number of thiocarbonyl (C=S) groups is 1. The lowest BCUT2D eigenvalue weighted by Gasteiger charge is -2.29. The van der Waals surface area contributed by atoms with E-state index in [1.165, 1.54) is 48.2 Å². The van der Waals surface area contributed by atoms with Crippen LogP contribution in [0.3, 0.4) is 0 Å². The molecular weight excluding hydrogens is 480 g/mol. The zero-order valence-electron chi connectivity index (χ0n) is 18.8. The van der Waals surface area contributed by atoms with Crippen molar-refractivity contribution in [3.63, 3.8) is 0 Å². The van der Waals surface area contributed by atoms with E-state index in [9.17, 15) is 0 Å². The van der Waals surface area contributed by atoms with Crippen LogP contribution < -0.4 is 10.2 Å². The average molecular weight is 510 g/mol. The molecule has 1 aromatic carbocycles. The van der Waals surface area contributed by atoms with Gasteiger partial charge in [0.25, 0.3) is 0 Å². The molecule has 1 aliphatic heterocycles. The summed E-state index contributed by atoms with van der Waals surface area (Å²) in [6.45, 7) is 6.65. The molecule has 0 bridgehead atoms. The van der Waals surface area contributed by atoms with Crippen molar-refractivity contribution in [1.29, 1.82) is 0 Å². The van der Waals surface area contributed by atoms with Crippen molar-refractivity contribution < 1.29 is 0 Å². The summed E-state index contributed by atoms with van der Waals surface area (Å²) < 4.78 is 3.68. The van der Waals surface area contributed by atoms with Gasteiger partial charge in [-0.15, -0.1) is 0 Å². The summed E-state index contributed by atoms with van der Waals surface area (Å²) >= 11 is 9.55. The van der Waals surface area contributed by atoms with Gasteiger partial charge in [0.1, 0.15) is 0 Å². The minimum atomic E-state index is -0.00909. The van der Waals surface area contributed by atoms with Gasteiger partial charge in [0.2, 0.25) is 0 Å². The zero-order chi connectivity index (χ0) is 22.4. The molecule has 0 amide bonds. The average Bonchev–Trinajstić information content (AvgIpc) is 3.49. The van der Waals surface area contributed by atoms with Crippen LogP contribution >= 0.6 is 28.1 Å². The lowest BCUT2D eigenvalue weighted by Crippen LogP contribution is -2.29. The Morgan fingerprint density at radius 1 is 1.06 bits per heavy atom. The predicted molar refractivity (Wildman–Crippen MR) is 138 cm³/mol. The Kier molecular flexibility index (Phi) is 5.84. The first-order chi connectivity index (χ1) is 15.5. The molecule has 1 saturated heterocycles. The Hall–Kier alpha value is -2.18. The highest BCUT2D eigenvalue weighted by Crippen LogP contribution is 2.45. The van der Waals surface area contributed by atoms with E-state index >= 15 is 0 Å². The number of nitrogens with zero attached hydrogens (tertiary/aromatic N) is 3. The molecule has 0 radical (unpaired) electrons. The fourth-order valence-electron chi connectivity index (χ4n) is 5.55. The number of aromatic nitrogens is 2. The summed E-state index contributed by atoms with van der Waals surface area (Å²) in [5, 5.41) is 4.35. The number of aryl methyl sites for hydroxylation is 2. The van der Waals surface area contributed by atoms with Gasteiger partial charge in [0, 0.05) is 33.8 Å². The molecule has 5 rings (SSSR count). The van der Waals surface area contributed by atoms with E-state index in [0.717, 1.165) is 21.0 Å². The second-order valence-corrected chi connectivity index (χ2v) is 10.3. The second-order valence-electron chi connectivity index (χ2n) is 9.06. The molecule has 6 heteroatoms. The fraction of sp³-hybridized carbons (Fsp3) is 0.385. The summed E-state index contributed by atoms with van der Waals surface area (Å²) in [4.78, 5) is 6.99. The van der Waals surface area contributed by atoms with Gasteiger partial charge in [-0.2, -0.15) is 0 Å². The number of halogens is 1. The molecule has 166 valence electrons. The zero-order valence-corrected chi connectivity index (χ0v) is 21.2. The first-order valence-electron chi connectivity index (χ1n) is 11.4. The van der Waals surface area contributed by atoms with Crippen LogP contribution in [0.1, 0.15) is 72.0 Å². The molecule has 0 unspecified atom stereocenters. The number of rotatable bonds is 4. The lowest BCUT2D eigenvalue weighted by molar-refractivity contribution is 0.494. The van der Waals surface area contributed by atoms with E-state index in [2.05, 4.69) is 87.9 Å². The van der Waals surface area contributed by atoms with E-state index in [4.69, 9.17) is 17.2 Å². The topological polar surface area (TPSA) is 33.1 Å². The van der Waals surface area contributed by atoms with Crippen LogP contribution in [0.25, 0.3) is 0 Å². The van der Waals surface area contributed by atoms with Crippen LogP contribution in [-0.4, -0.2) is 14.7 Å². The Bertz CT molecular complexity index is 1150. The van der Waals surface area contributed by atoms with Crippen LogP contribution in [0.15, 0.2) is 53.1 Å². The highest BCUT2D eigenvalue weighted by atomic mass is 79.9. The quantitative estimate of drug-likeness (QED) is 0.390. The van der Waals surface area contributed by atoms with Crippen LogP contribution in [0, 0.1) is 20.8 Å². The van der Waals surface area contributed by atoms with Gasteiger partial charge in [0.15, 0.2) is 5.11 Å². The van der Waals surface area contributed by atoms with Crippen molar-refractivity contribution in [3.8, 4) is 0 Å². The summed E-state index contributed by atoms with van der Waals surface area (Å²) in [6, 6.07) is 15.6. The van der Waals surface area contributed by atoms with Crippen LogP contribution in [0.4, 0.5) is 5.69 Å². The third kappa shape index (κ3) is 3.67. The molecule has 2 fully saturated rings. The number of anilines is 1. The summed E-state index contributed by atoms with van der Waals surface area (Å²) in [6.07, 6.45) is 7.07. The highest BCUT2D eigenvalue weighted by Gasteiger charge is 2.42. The molecule has 1 N–H and O–H groups in total. The fourth-order valence-corrected chi connectivity index (χ4v) is 6.15. The smallest absolute Gasteiger partial charge is 0.174 e. The van der Waals surface area contributed by atoms with E-state index < -0.39 is 0 Å². The van der Waals surface area contributed by atoms with Crippen molar-refractivity contribution in [3.05, 3.63) is 81.3 Å². The molecular formula is C26H29BrN4S. The van der Waals surface area contributed by atoms with Crippen LogP contribution in [0.2, 0.25) is 0 Å². The minimum absolute atomic E-state index is 0.00909. The second kappa shape index (κ2) is 8.64. The van der Waals surface area contributed by atoms with Crippen molar-refractivity contribution in [2.45, 2.75) is 64.6 Å². The number of hydrogen-bond donors (Lipinski definition) is 1. The normalized spacial score (nSPS) is 21.4. The molecule has 3 aromatic rings. The SMILES string of the molecule is Cc1cc(N2C(=S)N[C@H](c3ccccn3)[C@H]2c2cc(C)n(C3CCCC3)c2C)ccc1Br. The maximum Gasteiger partial charge on any atom is 0.174 e. The third-order valence-corrected chi connectivity index (χ3v) is 8.25. The highest BCUT2D eigenvalue weighted by molar-refractivity contribution is 9.10. The number of pyridine rings is 1. The van der Waals surface area contributed by atoms with Crippen LogP contribution in [0.5, 0.6) is 0 Å². The van der Waals surface area contributed by atoms with E-state index in [-0.39, 0.29) is 12.1 Å². The molecule has 1 aliphatic carbocycles. The third-order valence-electron chi connectivity index (χ3n) is 7.05. The summed E-state index contributed by atoms with van der Waals surface area (Å²) in [5.74, 6) is 0. The van der Waals surface area contributed by atoms with E-state index in [0.29, 0.717) is 6.04 Å². The maximum absolute atomic E-state index is 5.91. The Morgan fingerprint density at radius 2 is 1.84 bits per heavy atom. The largest absolute Gasteiger partial charge is 0.351 e. The van der Waals surface area contributed by atoms with Crippen molar-refractivity contribution in [2.24, 2.45) is 0 Å². The van der Waals surface area contributed by atoms with Gasteiger partial charge in [-0.1, -0.05) is 34.8 Å². The molecule has 32 heavy (non-hydrogen) atoms. The maximum atomic E-state index is 5.91. The van der Waals surface area contributed by atoms with Gasteiger partial charge in [-0.05, 0) is 93.4 Å². The molecule has 2 aliphatic rings. The van der Waals surface area contributed by atoms with Gasteiger partial charge < -0.3 is 14.8 Å². The molecule has 1 saturated carbocycles. The minimum Gasteiger partial charge on any atom is -0.351 e. The molecule has 3 heterocycles. The number of hydrogen-bond acceptors (Lipinski definition) is 2. The number of benzene rings is 1. The molecule has 0 spiro atoms. The summed E-state index contributed by atoms with van der Waals surface area (Å²) in [7, 11) is 0. The predicted octanol–water partition coefficient (Wildman–Crippen LogP) is 6.86. The van der Waals surface area contributed by atoms with Crippen molar-refractivity contribution in [2.75, 3.05) is 4.90 Å². The van der Waals surface area contributed by atoms with Crippen LogP contribution in [-0.2, 0) is 0 Å². The number of nitrogens with one attached hydrogen (secondary N) is 1. The lowest BCUT2D eigenvalue weighted by atomic mass is 9.96. The van der Waals surface area contributed by atoms with Crippen molar-refractivity contribution in [1.82, 2.24) is 14.9 Å². The Labute approximate surface area is 204 Å². The van der Waals surface area contributed by atoms with E-state index in [1.807, 2.05) is 12.3 Å². The van der Waals surface area contributed by atoms with Crippen molar-refractivity contribution >= 4 is 38.9 Å². The van der Waals surface area contributed by atoms with Gasteiger partial charge in [-0.25, -0.2) is 0 Å². The Morgan fingerprint density at radius 3 is 2.53 bits per heavy atom.